The highest BCUT2D eigenvalue weighted by Gasteiger charge is 2.34. The Hall–Kier alpha value is -3.26. The first-order valence-corrected chi connectivity index (χ1v) is 13.1. The molecule has 0 fully saturated rings. The Bertz CT molecular complexity index is 1250. The van der Waals surface area contributed by atoms with E-state index in [0.717, 1.165) is 52.4 Å². The molecule has 7 nitrogen and oxygen atoms in total. The maximum atomic E-state index is 13.7. The number of aromatic nitrogens is 3. The monoisotopic (exact) mass is 491 g/mol. The summed E-state index contributed by atoms with van der Waals surface area (Å²) in [6, 6.07) is 13.4. The minimum Gasteiger partial charge on any atom is -0.494 e. The van der Waals surface area contributed by atoms with Crippen LogP contribution in [0.4, 0.5) is 11.6 Å². The van der Waals surface area contributed by atoms with Gasteiger partial charge < -0.3 is 15.4 Å². The molecule has 3 aromatic rings. The van der Waals surface area contributed by atoms with Crippen LogP contribution in [0.15, 0.2) is 58.9 Å². The quantitative estimate of drug-likeness (QED) is 0.277. The third kappa shape index (κ3) is 5.53. The van der Waals surface area contributed by atoms with E-state index in [-0.39, 0.29) is 5.91 Å². The fraction of sp³-hybridized carbons (Fsp3) is 0.370. The first kappa shape index (κ1) is 24.9. The lowest BCUT2D eigenvalue weighted by Gasteiger charge is -2.29. The number of hydrogen-bond donors (Lipinski definition) is 2. The highest BCUT2D eigenvalue weighted by molar-refractivity contribution is 7.99. The molecule has 1 aliphatic heterocycles. The lowest BCUT2D eigenvalue weighted by atomic mass is 9.94. The lowest BCUT2D eigenvalue weighted by Crippen LogP contribution is -2.31. The van der Waals surface area contributed by atoms with E-state index in [9.17, 15) is 4.79 Å². The Morgan fingerprint density at radius 1 is 1.17 bits per heavy atom. The van der Waals surface area contributed by atoms with Gasteiger partial charge in [0.05, 0.1) is 12.2 Å². The summed E-state index contributed by atoms with van der Waals surface area (Å²) in [4.78, 5) is 18.4. The number of unbranched alkanes of at least 4 members (excludes halogenated alkanes) is 1. The molecular formula is C27H33N5O2S. The van der Waals surface area contributed by atoms with Crippen LogP contribution < -0.4 is 15.4 Å². The Morgan fingerprint density at radius 3 is 2.74 bits per heavy atom. The van der Waals surface area contributed by atoms with E-state index in [4.69, 9.17) is 14.8 Å². The number of nitrogens with one attached hydrogen (secondary N) is 2. The molecule has 0 bridgehead atoms. The van der Waals surface area contributed by atoms with Crippen LogP contribution in [0.2, 0.25) is 0 Å². The number of aryl methyl sites for hydroxylation is 2. The Morgan fingerprint density at radius 2 is 2.00 bits per heavy atom. The number of rotatable bonds is 9. The molecule has 35 heavy (non-hydrogen) atoms. The van der Waals surface area contributed by atoms with E-state index in [1.165, 1.54) is 0 Å². The maximum absolute atomic E-state index is 13.7. The van der Waals surface area contributed by atoms with Crippen LogP contribution in [-0.2, 0) is 4.79 Å². The molecule has 8 heteroatoms. The molecule has 0 saturated carbocycles. The summed E-state index contributed by atoms with van der Waals surface area (Å²) in [6.45, 7) is 10.7. The summed E-state index contributed by atoms with van der Waals surface area (Å²) in [5.41, 5.74) is 5.24. The fourth-order valence-electron chi connectivity index (χ4n) is 4.19. The Labute approximate surface area is 211 Å². The standard InChI is InChI=1S/C27H33N5O2S/c1-6-8-14-35-27-30-26-28-19(5)23(25(33)29-22-13-12-17(3)15-18(22)4)24(32(26)31-27)20-10-9-11-21(16-20)34-7-2/h9-13,15-16,24H,6-8,14H2,1-5H3,(H,29,33)(H,28,30,31). The third-order valence-corrected chi connectivity index (χ3v) is 6.85. The van der Waals surface area contributed by atoms with Crippen molar-refractivity contribution in [1.82, 2.24) is 14.8 Å². The Balaban J connectivity index is 1.75. The summed E-state index contributed by atoms with van der Waals surface area (Å²) < 4.78 is 7.58. The predicted octanol–water partition coefficient (Wildman–Crippen LogP) is 6.11. The Kier molecular flexibility index (Phi) is 7.80. The van der Waals surface area contributed by atoms with Crippen LogP contribution in [0, 0.1) is 13.8 Å². The molecule has 1 aliphatic rings. The van der Waals surface area contributed by atoms with Crippen LogP contribution in [-0.4, -0.2) is 33.0 Å². The van der Waals surface area contributed by atoms with Gasteiger partial charge in [-0.3, -0.25) is 4.79 Å². The number of benzene rings is 2. The van der Waals surface area contributed by atoms with Crippen molar-refractivity contribution in [2.24, 2.45) is 0 Å². The van der Waals surface area contributed by atoms with Crippen molar-refractivity contribution < 1.29 is 9.53 Å². The SMILES string of the molecule is CCCCSc1nc2n(n1)C(c1cccc(OCC)c1)C(C(=O)Nc1ccc(C)cc1C)=C(C)N2. The van der Waals surface area contributed by atoms with E-state index in [2.05, 4.69) is 23.6 Å². The molecule has 1 amide bonds. The van der Waals surface area contributed by atoms with Crippen LogP contribution in [0.1, 0.15) is 56.3 Å². The molecule has 4 rings (SSSR count). The van der Waals surface area contributed by atoms with Crippen molar-refractivity contribution in [2.75, 3.05) is 23.0 Å². The number of allylic oxidation sites excluding steroid dienone is 1. The van der Waals surface area contributed by atoms with E-state index >= 15 is 0 Å². The second-order valence-electron chi connectivity index (χ2n) is 8.71. The molecule has 1 atom stereocenters. The molecule has 2 aromatic carbocycles. The minimum absolute atomic E-state index is 0.171. The van der Waals surface area contributed by atoms with Gasteiger partial charge in [-0.1, -0.05) is 54.9 Å². The predicted molar refractivity (Wildman–Crippen MR) is 142 cm³/mol. The van der Waals surface area contributed by atoms with Crippen molar-refractivity contribution >= 4 is 29.3 Å². The van der Waals surface area contributed by atoms with Gasteiger partial charge in [-0.05, 0) is 63.4 Å². The van der Waals surface area contributed by atoms with E-state index in [1.54, 1.807) is 11.8 Å². The average Bonchev–Trinajstić information content (AvgIpc) is 3.22. The molecule has 184 valence electrons. The number of nitrogens with zero attached hydrogens (tertiary/aromatic N) is 3. The number of fused-ring (bicyclic) bond motifs is 1. The number of ether oxygens (including phenoxy) is 1. The summed E-state index contributed by atoms with van der Waals surface area (Å²) in [6.07, 6.45) is 2.22. The van der Waals surface area contributed by atoms with Crippen LogP contribution in [0.5, 0.6) is 5.75 Å². The highest BCUT2D eigenvalue weighted by atomic mass is 32.2. The van der Waals surface area contributed by atoms with Crippen molar-refractivity contribution in [1.29, 1.82) is 0 Å². The van der Waals surface area contributed by atoms with Crippen LogP contribution in [0.25, 0.3) is 0 Å². The first-order chi connectivity index (χ1) is 16.9. The third-order valence-electron chi connectivity index (χ3n) is 5.92. The van der Waals surface area contributed by atoms with Crippen LogP contribution >= 0.6 is 11.8 Å². The van der Waals surface area contributed by atoms with Gasteiger partial charge >= 0.3 is 0 Å². The number of hydrogen-bond acceptors (Lipinski definition) is 6. The average molecular weight is 492 g/mol. The van der Waals surface area contributed by atoms with Gasteiger partial charge in [0.25, 0.3) is 5.91 Å². The van der Waals surface area contributed by atoms with Gasteiger partial charge in [-0.25, -0.2) is 4.68 Å². The number of anilines is 2. The largest absolute Gasteiger partial charge is 0.494 e. The van der Waals surface area contributed by atoms with Crippen LogP contribution in [0.3, 0.4) is 0 Å². The van der Waals surface area contributed by atoms with E-state index in [0.29, 0.717) is 23.3 Å². The zero-order valence-corrected chi connectivity index (χ0v) is 21.8. The zero-order valence-electron chi connectivity index (χ0n) is 21.0. The van der Waals surface area contributed by atoms with Gasteiger partial charge in [0.15, 0.2) is 0 Å². The second-order valence-corrected chi connectivity index (χ2v) is 9.77. The van der Waals surface area contributed by atoms with Gasteiger partial charge in [-0.15, -0.1) is 5.10 Å². The zero-order chi connectivity index (χ0) is 24.9. The van der Waals surface area contributed by atoms with Gasteiger partial charge in [0.1, 0.15) is 11.8 Å². The highest BCUT2D eigenvalue weighted by Crippen LogP contribution is 2.38. The molecule has 0 radical (unpaired) electrons. The number of thioether (sulfide) groups is 1. The molecule has 0 aliphatic carbocycles. The molecule has 1 aromatic heterocycles. The van der Waals surface area contributed by atoms with Crippen molar-refractivity contribution in [3.8, 4) is 5.75 Å². The van der Waals surface area contributed by atoms with E-state index < -0.39 is 6.04 Å². The molecule has 0 saturated heterocycles. The van der Waals surface area contributed by atoms with Gasteiger partial charge in [0, 0.05) is 17.1 Å². The number of amides is 1. The molecular weight excluding hydrogens is 458 g/mol. The smallest absolute Gasteiger partial charge is 0.255 e. The van der Waals surface area contributed by atoms with Gasteiger partial charge in [-0.2, -0.15) is 4.98 Å². The van der Waals surface area contributed by atoms with Crippen molar-refractivity contribution in [3.63, 3.8) is 0 Å². The number of carbonyl (C=O) groups excluding carboxylic acids is 1. The maximum Gasteiger partial charge on any atom is 0.255 e. The van der Waals surface area contributed by atoms with Gasteiger partial charge in [0.2, 0.25) is 11.1 Å². The van der Waals surface area contributed by atoms with Crippen molar-refractivity contribution in [3.05, 3.63) is 70.4 Å². The second kappa shape index (κ2) is 11.0. The minimum atomic E-state index is -0.439. The summed E-state index contributed by atoms with van der Waals surface area (Å²) >= 11 is 1.64. The number of carbonyl (C=O) groups is 1. The summed E-state index contributed by atoms with van der Waals surface area (Å²) in [5.74, 6) is 2.18. The summed E-state index contributed by atoms with van der Waals surface area (Å²) in [7, 11) is 0. The normalized spacial score (nSPS) is 14.9. The van der Waals surface area contributed by atoms with Crippen molar-refractivity contribution in [2.45, 2.75) is 58.7 Å². The summed E-state index contributed by atoms with van der Waals surface area (Å²) in [5, 5.41) is 12.0. The fourth-order valence-corrected chi connectivity index (χ4v) is 5.10. The topological polar surface area (TPSA) is 81.1 Å². The molecule has 2 N–H and O–H groups in total. The molecule has 0 spiro atoms. The molecule has 1 unspecified atom stereocenters. The van der Waals surface area contributed by atoms with E-state index in [1.807, 2.05) is 68.8 Å². The lowest BCUT2D eigenvalue weighted by molar-refractivity contribution is -0.113. The molecule has 2 heterocycles. The first-order valence-electron chi connectivity index (χ1n) is 12.1.